The zero-order valence-corrected chi connectivity index (χ0v) is 9.59. The van der Waals surface area contributed by atoms with Crippen LogP contribution in [-0.4, -0.2) is 24.1 Å². The van der Waals surface area contributed by atoms with Crippen LogP contribution in [0.15, 0.2) is 10.2 Å². The van der Waals surface area contributed by atoms with Crippen LogP contribution in [-0.2, 0) is 16.0 Å². The van der Waals surface area contributed by atoms with Gasteiger partial charge in [-0.05, 0) is 13.3 Å². The quantitative estimate of drug-likeness (QED) is 0.786. The summed E-state index contributed by atoms with van der Waals surface area (Å²) in [5.74, 6) is 0. The summed E-state index contributed by atoms with van der Waals surface area (Å²) in [7, 11) is 0. The predicted octanol–water partition coefficient (Wildman–Crippen LogP) is 1.37. The molecule has 1 aromatic heterocycles. The summed E-state index contributed by atoms with van der Waals surface area (Å²) < 4.78 is 12.6. The second-order valence-electron chi connectivity index (χ2n) is 3.61. The van der Waals surface area contributed by atoms with Crippen LogP contribution in [0, 0.1) is 6.92 Å². The smallest absolute Gasteiger partial charge is 0.307 e. The van der Waals surface area contributed by atoms with Gasteiger partial charge < -0.3 is 14.0 Å². The third-order valence-corrected chi connectivity index (χ3v) is 3.34. The van der Waals surface area contributed by atoms with Crippen molar-refractivity contribution < 1.29 is 9.47 Å². The first-order chi connectivity index (χ1) is 7.27. The minimum absolute atomic E-state index is 0.100. The van der Waals surface area contributed by atoms with Gasteiger partial charge in [0.25, 0.3) is 0 Å². The van der Waals surface area contributed by atoms with Crippen LogP contribution in [0.5, 0.6) is 0 Å². The summed E-state index contributed by atoms with van der Waals surface area (Å²) in [5.41, 5.74) is 1.01. The van der Waals surface area contributed by atoms with Gasteiger partial charge in [-0.15, -0.1) is 0 Å². The van der Waals surface area contributed by atoms with Gasteiger partial charge in [0, 0.05) is 24.0 Å². The number of rotatable bonds is 3. The molecule has 0 radical (unpaired) electrons. The van der Waals surface area contributed by atoms with Crippen LogP contribution in [0.4, 0.5) is 0 Å². The number of hydrogen-bond donors (Lipinski definition) is 0. The first-order valence-electron chi connectivity index (χ1n) is 5.15. The molecule has 0 unspecified atom stereocenters. The maximum atomic E-state index is 11.4. The first kappa shape index (κ1) is 10.9. The molecule has 2 heterocycles. The molecule has 0 amide bonds. The maximum absolute atomic E-state index is 11.4. The van der Waals surface area contributed by atoms with Gasteiger partial charge in [0.15, 0.2) is 6.29 Å². The van der Waals surface area contributed by atoms with Gasteiger partial charge >= 0.3 is 4.87 Å². The van der Waals surface area contributed by atoms with Crippen LogP contribution in [0.1, 0.15) is 18.5 Å². The molecule has 1 aliphatic rings. The molecule has 0 aromatic carbocycles. The molecule has 2 rings (SSSR count). The van der Waals surface area contributed by atoms with Crippen LogP contribution in [0.2, 0.25) is 0 Å². The predicted molar refractivity (Wildman–Crippen MR) is 58.2 cm³/mol. The van der Waals surface area contributed by atoms with Crippen molar-refractivity contribution in [1.29, 1.82) is 0 Å². The Hall–Kier alpha value is -0.650. The fourth-order valence-electron chi connectivity index (χ4n) is 1.61. The Morgan fingerprint density at radius 3 is 2.87 bits per heavy atom. The lowest BCUT2D eigenvalue weighted by Crippen LogP contribution is -2.27. The summed E-state index contributed by atoms with van der Waals surface area (Å²) in [6.07, 6.45) is 1.58. The fourth-order valence-corrected chi connectivity index (χ4v) is 2.37. The van der Waals surface area contributed by atoms with Crippen molar-refractivity contribution in [3.63, 3.8) is 0 Å². The number of aromatic nitrogens is 1. The minimum Gasteiger partial charge on any atom is -0.353 e. The monoisotopic (exact) mass is 229 g/mol. The Morgan fingerprint density at radius 1 is 1.53 bits per heavy atom. The molecular weight excluding hydrogens is 214 g/mol. The van der Waals surface area contributed by atoms with Crippen LogP contribution in [0.25, 0.3) is 0 Å². The van der Waals surface area contributed by atoms with E-state index in [1.165, 1.54) is 11.3 Å². The van der Waals surface area contributed by atoms with Crippen molar-refractivity contribution >= 4 is 11.3 Å². The van der Waals surface area contributed by atoms with Crippen molar-refractivity contribution in [3.8, 4) is 0 Å². The molecule has 0 atom stereocenters. The Balaban J connectivity index is 1.89. The van der Waals surface area contributed by atoms with Crippen LogP contribution >= 0.6 is 11.3 Å². The van der Waals surface area contributed by atoms with E-state index in [4.69, 9.17) is 9.47 Å². The molecule has 0 bridgehead atoms. The van der Waals surface area contributed by atoms with E-state index >= 15 is 0 Å². The molecular formula is C10H15NO3S. The molecule has 0 aliphatic carbocycles. The largest absolute Gasteiger partial charge is 0.353 e. The lowest BCUT2D eigenvalue weighted by atomic mass is 10.3. The zero-order valence-electron chi connectivity index (χ0n) is 8.77. The first-order valence-corrected chi connectivity index (χ1v) is 6.03. The topological polar surface area (TPSA) is 40.5 Å². The highest BCUT2D eigenvalue weighted by Gasteiger charge is 2.14. The van der Waals surface area contributed by atoms with E-state index in [1.807, 2.05) is 12.3 Å². The minimum atomic E-state index is -0.134. The fraction of sp³-hybridized carbons (Fsp3) is 0.700. The summed E-state index contributed by atoms with van der Waals surface area (Å²) in [6, 6.07) is 0. The van der Waals surface area contributed by atoms with Gasteiger partial charge in [0.05, 0.1) is 13.2 Å². The maximum Gasteiger partial charge on any atom is 0.307 e. The van der Waals surface area contributed by atoms with E-state index in [0.717, 1.165) is 31.7 Å². The standard InChI is InChI=1S/C10H15NO3S/c1-8-7-15-10(12)11(8)4-3-9-13-5-2-6-14-9/h7,9H,2-6H2,1H3. The third-order valence-electron chi connectivity index (χ3n) is 2.46. The highest BCUT2D eigenvalue weighted by molar-refractivity contribution is 7.07. The molecule has 5 heteroatoms. The van der Waals surface area contributed by atoms with Crippen molar-refractivity contribution in [2.75, 3.05) is 13.2 Å². The van der Waals surface area contributed by atoms with E-state index < -0.39 is 0 Å². The molecule has 1 aromatic rings. The van der Waals surface area contributed by atoms with Crippen LogP contribution in [0.3, 0.4) is 0 Å². The summed E-state index contributed by atoms with van der Waals surface area (Å²) in [5, 5.41) is 1.88. The SMILES string of the molecule is Cc1csc(=O)n1CCC1OCCCO1. The number of thiazole rings is 1. The summed E-state index contributed by atoms with van der Waals surface area (Å²) in [6.45, 7) is 4.16. The van der Waals surface area contributed by atoms with E-state index in [9.17, 15) is 4.79 Å². The van der Waals surface area contributed by atoms with Crippen molar-refractivity contribution in [1.82, 2.24) is 4.57 Å². The van der Waals surface area contributed by atoms with Crippen molar-refractivity contribution in [2.24, 2.45) is 0 Å². The van der Waals surface area contributed by atoms with Crippen molar-refractivity contribution in [3.05, 3.63) is 20.7 Å². The molecule has 15 heavy (non-hydrogen) atoms. The molecule has 1 fully saturated rings. The second-order valence-corrected chi connectivity index (χ2v) is 4.43. The molecule has 0 N–H and O–H groups in total. The van der Waals surface area contributed by atoms with Gasteiger partial charge in [-0.3, -0.25) is 4.79 Å². The summed E-state index contributed by atoms with van der Waals surface area (Å²) in [4.78, 5) is 11.5. The molecule has 0 saturated carbocycles. The Bertz CT molecular complexity index is 365. The number of hydrogen-bond acceptors (Lipinski definition) is 4. The second kappa shape index (κ2) is 4.92. The Kier molecular flexibility index (Phi) is 3.56. The third kappa shape index (κ3) is 2.68. The highest BCUT2D eigenvalue weighted by atomic mass is 32.1. The molecule has 84 valence electrons. The van der Waals surface area contributed by atoms with Gasteiger partial charge in [0.1, 0.15) is 0 Å². The Labute approximate surface area is 92.4 Å². The molecule has 1 saturated heterocycles. The van der Waals surface area contributed by atoms with E-state index in [-0.39, 0.29) is 11.2 Å². The summed E-state index contributed by atoms with van der Waals surface area (Å²) >= 11 is 1.24. The average molecular weight is 229 g/mol. The normalized spacial score (nSPS) is 18.2. The van der Waals surface area contributed by atoms with Gasteiger partial charge in [-0.25, -0.2) is 0 Å². The molecule has 0 spiro atoms. The molecule has 1 aliphatic heterocycles. The van der Waals surface area contributed by atoms with E-state index in [2.05, 4.69) is 0 Å². The Morgan fingerprint density at radius 2 is 2.27 bits per heavy atom. The highest BCUT2D eigenvalue weighted by Crippen LogP contribution is 2.10. The lowest BCUT2D eigenvalue weighted by Gasteiger charge is -2.23. The zero-order chi connectivity index (χ0) is 10.7. The van der Waals surface area contributed by atoms with Gasteiger partial charge in [0.2, 0.25) is 0 Å². The van der Waals surface area contributed by atoms with Gasteiger partial charge in [-0.1, -0.05) is 11.3 Å². The molecule has 4 nitrogen and oxygen atoms in total. The number of ether oxygens (including phenoxy) is 2. The van der Waals surface area contributed by atoms with Gasteiger partial charge in [-0.2, -0.15) is 0 Å². The van der Waals surface area contributed by atoms with Crippen LogP contribution < -0.4 is 4.87 Å². The van der Waals surface area contributed by atoms with E-state index in [1.54, 1.807) is 4.57 Å². The van der Waals surface area contributed by atoms with Crippen molar-refractivity contribution in [2.45, 2.75) is 32.6 Å². The van der Waals surface area contributed by atoms with E-state index in [0.29, 0.717) is 6.54 Å². The lowest BCUT2D eigenvalue weighted by molar-refractivity contribution is -0.182. The number of nitrogens with zero attached hydrogens (tertiary/aromatic N) is 1. The average Bonchev–Trinajstić information content (AvgIpc) is 2.58. The number of aryl methyl sites for hydroxylation is 1.